The first-order chi connectivity index (χ1) is 10.3. The molecule has 0 saturated heterocycles. The lowest BCUT2D eigenvalue weighted by atomic mass is 10.1. The number of aliphatic hydroxyl groups excluding tert-OH is 1. The molecule has 0 aliphatic carbocycles. The van der Waals surface area contributed by atoms with Crippen LogP contribution in [-0.4, -0.2) is 14.7 Å². The van der Waals surface area contributed by atoms with Gasteiger partial charge in [0.1, 0.15) is 11.9 Å². The topological polar surface area (TPSA) is 50.1 Å². The van der Waals surface area contributed by atoms with Crippen LogP contribution in [0.2, 0.25) is 0 Å². The fourth-order valence-corrected chi connectivity index (χ4v) is 3.02. The summed E-state index contributed by atoms with van der Waals surface area (Å²) in [7, 11) is 2.00. The molecule has 108 valence electrons. The molecule has 2 aromatic heterocycles. The average Bonchev–Trinajstić information content (AvgIpc) is 3.17. The molecule has 0 saturated carbocycles. The Balaban J connectivity index is 1.91. The highest BCUT2D eigenvalue weighted by Gasteiger charge is 2.19. The van der Waals surface area contributed by atoms with Gasteiger partial charge in [0.2, 0.25) is 0 Å². The van der Waals surface area contributed by atoms with Crippen LogP contribution in [0.15, 0.2) is 54.2 Å². The van der Waals surface area contributed by atoms with E-state index in [1.165, 1.54) is 4.88 Å². The highest BCUT2D eigenvalue weighted by Crippen LogP contribution is 2.28. The van der Waals surface area contributed by atoms with Gasteiger partial charge in [-0.25, -0.2) is 4.98 Å². The lowest BCUT2D eigenvalue weighted by molar-refractivity contribution is 0.282. The van der Waals surface area contributed by atoms with Crippen LogP contribution in [0.3, 0.4) is 0 Å². The summed E-state index contributed by atoms with van der Waals surface area (Å²) < 4.78 is 2.03. The molecule has 3 rings (SSSR count). The minimum absolute atomic E-state index is 0.0185. The first-order valence-electron chi connectivity index (χ1n) is 6.75. The van der Waals surface area contributed by atoms with E-state index >= 15 is 0 Å². The van der Waals surface area contributed by atoms with Crippen LogP contribution in [-0.2, 0) is 13.7 Å². The standard InChI is InChI=1S/C16H17N3OS/c1-19-9-8-17-16(19)15(14-3-2-10-21-14)18-13-6-4-12(11-20)5-7-13/h2-10,15,18,20H,11H2,1H3. The Morgan fingerprint density at radius 1 is 1.29 bits per heavy atom. The van der Waals surface area contributed by atoms with Crippen molar-refractivity contribution in [3.63, 3.8) is 0 Å². The molecule has 0 aliphatic rings. The summed E-state index contributed by atoms with van der Waals surface area (Å²) in [6, 6.07) is 12.0. The van der Waals surface area contributed by atoms with Crippen molar-refractivity contribution < 1.29 is 5.11 Å². The molecule has 1 unspecified atom stereocenters. The number of aliphatic hydroxyl groups is 1. The van der Waals surface area contributed by atoms with Gasteiger partial charge in [-0.15, -0.1) is 11.3 Å². The number of imidazole rings is 1. The monoisotopic (exact) mass is 299 g/mol. The number of aromatic nitrogens is 2. The van der Waals surface area contributed by atoms with Crippen molar-refractivity contribution in [2.75, 3.05) is 5.32 Å². The number of nitrogens with one attached hydrogen (secondary N) is 1. The van der Waals surface area contributed by atoms with E-state index in [1.54, 1.807) is 11.3 Å². The van der Waals surface area contributed by atoms with Gasteiger partial charge >= 0.3 is 0 Å². The molecule has 0 spiro atoms. The Morgan fingerprint density at radius 2 is 2.10 bits per heavy atom. The van der Waals surface area contributed by atoms with E-state index in [0.29, 0.717) is 0 Å². The molecule has 2 heterocycles. The number of hydrogen-bond acceptors (Lipinski definition) is 4. The SMILES string of the molecule is Cn1ccnc1C(Nc1ccc(CO)cc1)c1cccs1. The molecular weight excluding hydrogens is 282 g/mol. The zero-order valence-electron chi connectivity index (χ0n) is 11.7. The maximum atomic E-state index is 9.12. The van der Waals surface area contributed by atoms with Crippen molar-refractivity contribution in [2.24, 2.45) is 7.05 Å². The summed E-state index contributed by atoms with van der Waals surface area (Å²) in [5.41, 5.74) is 1.92. The molecule has 0 amide bonds. The van der Waals surface area contributed by atoms with Gasteiger partial charge in [0.15, 0.2) is 0 Å². The van der Waals surface area contributed by atoms with Crippen molar-refractivity contribution in [2.45, 2.75) is 12.6 Å². The van der Waals surface area contributed by atoms with Gasteiger partial charge in [-0.1, -0.05) is 18.2 Å². The van der Waals surface area contributed by atoms with Gasteiger partial charge in [0, 0.05) is 30.0 Å². The largest absolute Gasteiger partial charge is 0.392 e. The summed E-state index contributed by atoms with van der Waals surface area (Å²) in [4.78, 5) is 5.69. The third kappa shape index (κ3) is 2.99. The molecule has 4 nitrogen and oxygen atoms in total. The van der Waals surface area contributed by atoms with Crippen LogP contribution in [0.25, 0.3) is 0 Å². The van der Waals surface area contributed by atoms with Crippen molar-refractivity contribution >= 4 is 17.0 Å². The maximum absolute atomic E-state index is 9.12. The third-order valence-corrected chi connectivity index (χ3v) is 4.33. The predicted octanol–water partition coefficient (Wildman–Crippen LogP) is 3.18. The highest BCUT2D eigenvalue weighted by atomic mass is 32.1. The van der Waals surface area contributed by atoms with Gasteiger partial charge in [0.25, 0.3) is 0 Å². The molecule has 21 heavy (non-hydrogen) atoms. The first kappa shape index (κ1) is 13.9. The minimum atomic E-state index is 0.0185. The van der Waals surface area contributed by atoms with Crippen LogP contribution in [0, 0.1) is 0 Å². The molecular formula is C16H17N3OS. The Kier molecular flexibility index (Phi) is 4.03. The Labute approximate surface area is 127 Å². The molecule has 2 N–H and O–H groups in total. The van der Waals surface area contributed by atoms with Crippen molar-refractivity contribution in [1.29, 1.82) is 0 Å². The number of rotatable bonds is 5. The lowest BCUT2D eigenvalue weighted by Gasteiger charge is -2.19. The van der Waals surface area contributed by atoms with E-state index in [4.69, 9.17) is 5.11 Å². The second-order valence-electron chi connectivity index (χ2n) is 4.84. The Morgan fingerprint density at radius 3 is 2.67 bits per heavy atom. The summed E-state index contributed by atoms with van der Waals surface area (Å²) in [5, 5.41) is 14.7. The molecule has 1 atom stereocenters. The maximum Gasteiger partial charge on any atom is 0.136 e. The fraction of sp³-hybridized carbons (Fsp3) is 0.188. The number of anilines is 1. The molecule has 0 fully saturated rings. The van der Waals surface area contributed by atoms with Crippen molar-refractivity contribution in [3.05, 3.63) is 70.4 Å². The van der Waals surface area contributed by atoms with Gasteiger partial charge in [0.05, 0.1) is 6.61 Å². The fourth-order valence-electron chi connectivity index (χ4n) is 2.25. The third-order valence-electron chi connectivity index (χ3n) is 3.39. The van der Waals surface area contributed by atoms with E-state index in [1.807, 2.05) is 54.3 Å². The second kappa shape index (κ2) is 6.11. The van der Waals surface area contributed by atoms with Crippen LogP contribution in [0.5, 0.6) is 0 Å². The molecule has 5 heteroatoms. The normalized spacial score (nSPS) is 12.3. The molecule has 1 aromatic carbocycles. The van der Waals surface area contributed by atoms with E-state index in [-0.39, 0.29) is 12.6 Å². The smallest absolute Gasteiger partial charge is 0.136 e. The number of benzene rings is 1. The number of aryl methyl sites for hydroxylation is 1. The molecule has 0 bridgehead atoms. The zero-order chi connectivity index (χ0) is 14.7. The number of hydrogen-bond donors (Lipinski definition) is 2. The first-order valence-corrected chi connectivity index (χ1v) is 7.63. The molecule has 0 aliphatic heterocycles. The van der Waals surface area contributed by atoms with Gasteiger partial charge in [-0.05, 0) is 29.1 Å². The minimum Gasteiger partial charge on any atom is -0.392 e. The lowest BCUT2D eigenvalue weighted by Crippen LogP contribution is -2.15. The van der Waals surface area contributed by atoms with E-state index in [0.717, 1.165) is 17.1 Å². The van der Waals surface area contributed by atoms with Gasteiger partial charge < -0.3 is 15.0 Å². The predicted molar refractivity (Wildman–Crippen MR) is 85.4 cm³/mol. The number of thiophene rings is 1. The molecule has 3 aromatic rings. The summed E-state index contributed by atoms with van der Waals surface area (Å²) >= 11 is 1.71. The van der Waals surface area contributed by atoms with Crippen LogP contribution >= 0.6 is 11.3 Å². The van der Waals surface area contributed by atoms with Crippen LogP contribution in [0.1, 0.15) is 22.3 Å². The summed E-state index contributed by atoms with van der Waals surface area (Å²) in [5.74, 6) is 0.976. The zero-order valence-corrected chi connectivity index (χ0v) is 12.5. The summed E-state index contributed by atoms with van der Waals surface area (Å²) in [6.07, 6.45) is 3.76. The van der Waals surface area contributed by atoms with Gasteiger partial charge in [-0.2, -0.15) is 0 Å². The van der Waals surface area contributed by atoms with Crippen LogP contribution < -0.4 is 5.32 Å². The molecule has 0 radical (unpaired) electrons. The second-order valence-corrected chi connectivity index (χ2v) is 5.82. The van der Waals surface area contributed by atoms with E-state index in [2.05, 4.69) is 21.7 Å². The highest BCUT2D eigenvalue weighted by molar-refractivity contribution is 7.10. The quantitative estimate of drug-likeness (QED) is 0.761. The van der Waals surface area contributed by atoms with Gasteiger partial charge in [-0.3, -0.25) is 0 Å². The van der Waals surface area contributed by atoms with Crippen molar-refractivity contribution in [3.8, 4) is 0 Å². The van der Waals surface area contributed by atoms with E-state index in [9.17, 15) is 0 Å². The Hall–Kier alpha value is -2.11. The van der Waals surface area contributed by atoms with Crippen LogP contribution in [0.4, 0.5) is 5.69 Å². The summed E-state index contributed by atoms with van der Waals surface area (Å²) in [6.45, 7) is 0.0635. The average molecular weight is 299 g/mol. The van der Waals surface area contributed by atoms with E-state index < -0.39 is 0 Å². The Bertz CT molecular complexity index is 689. The number of nitrogens with zero attached hydrogens (tertiary/aromatic N) is 2. The van der Waals surface area contributed by atoms with Crippen molar-refractivity contribution in [1.82, 2.24) is 9.55 Å².